The number of nitrogens with zero attached hydrogens (tertiary/aromatic N) is 2. The fourth-order valence-corrected chi connectivity index (χ4v) is 12.2. The van der Waals surface area contributed by atoms with E-state index in [1.165, 1.54) is 43.6 Å². The molecule has 0 amide bonds. The van der Waals surface area contributed by atoms with Gasteiger partial charge in [-0.25, -0.2) is 0 Å². The summed E-state index contributed by atoms with van der Waals surface area (Å²) in [5, 5.41) is 4.04. The summed E-state index contributed by atoms with van der Waals surface area (Å²) < 4.78 is 7.12. The summed E-state index contributed by atoms with van der Waals surface area (Å²) in [4.78, 5) is 4.79. The minimum atomic E-state index is -2.12. The second-order valence-corrected chi connectivity index (χ2v) is 26.0. The third-order valence-electron chi connectivity index (χ3n) is 12.7. The van der Waals surface area contributed by atoms with Crippen LogP contribution in [0.2, 0.25) is 13.1 Å². The van der Waals surface area contributed by atoms with E-state index >= 15 is 0 Å². The first-order chi connectivity index (χ1) is 28.0. The van der Waals surface area contributed by atoms with Crippen LogP contribution in [0.3, 0.4) is 0 Å². The van der Waals surface area contributed by atoms with Gasteiger partial charge in [0.2, 0.25) is 0 Å². The standard InChI is InChI=1S/C56H64N2OSi/c1-53(2,3)37-18-24-41(25-19-37)57(42-26-20-38(21-27-42)54(4,5)6)46-30-32-47-49(36-46)59-51-48-35-45(31-33-50(48)60(13,14)52(47)51)58(43-28-22-39(23-29-43)55(7,8)9)44-17-15-16-40(34-44)56(10,11)12/h15-36H,1-14H3. The van der Waals surface area contributed by atoms with Gasteiger partial charge in [0.1, 0.15) is 19.4 Å². The first-order valence-electron chi connectivity index (χ1n) is 21.8. The number of hydrogen-bond acceptors (Lipinski definition) is 3. The highest BCUT2D eigenvalue weighted by molar-refractivity contribution is 7.05. The van der Waals surface area contributed by atoms with Crippen LogP contribution in [0.5, 0.6) is 0 Å². The highest BCUT2D eigenvalue weighted by Crippen LogP contribution is 2.44. The van der Waals surface area contributed by atoms with Gasteiger partial charge in [0.05, 0.1) is 0 Å². The van der Waals surface area contributed by atoms with Gasteiger partial charge in [-0.1, -0.05) is 151 Å². The Hall–Kier alpha value is -5.32. The predicted molar refractivity (Wildman–Crippen MR) is 263 cm³/mol. The maximum atomic E-state index is 7.12. The zero-order valence-corrected chi connectivity index (χ0v) is 39.5. The smallest absolute Gasteiger partial charge is 0.136 e. The van der Waals surface area contributed by atoms with E-state index in [0.717, 1.165) is 45.5 Å². The van der Waals surface area contributed by atoms with Crippen LogP contribution in [0.25, 0.3) is 22.3 Å². The van der Waals surface area contributed by atoms with Gasteiger partial charge in [-0.3, -0.25) is 0 Å². The van der Waals surface area contributed by atoms with Crippen molar-refractivity contribution in [1.82, 2.24) is 0 Å². The van der Waals surface area contributed by atoms with E-state index in [2.05, 4.69) is 239 Å². The van der Waals surface area contributed by atoms with Crippen molar-refractivity contribution in [1.29, 1.82) is 0 Å². The third kappa shape index (κ3) is 7.53. The van der Waals surface area contributed by atoms with Crippen LogP contribution in [-0.2, 0) is 21.7 Å². The molecular formula is C56H64N2OSi. The maximum Gasteiger partial charge on any atom is 0.136 e. The molecule has 0 fully saturated rings. The van der Waals surface area contributed by atoms with E-state index in [1.54, 1.807) is 0 Å². The van der Waals surface area contributed by atoms with Gasteiger partial charge >= 0.3 is 0 Å². The molecule has 60 heavy (non-hydrogen) atoms. The van der Waals surface area contributed by atoms with Crippen LogP contribution in [-0.4, -0.2) is 8.07 Å². The van der Waals surface area contributed by atoms with Crippen molar-refractivity contribution < 1.29 is 4.42 Å². The zero-order valence-electron chi connectivity index (χ0n) is 38.5. The Morgan fingerprint density at radius 2 is 0.800 bits per heavy atom. The summed E-state index contributed by atoms with van der Waals surface area (Å²) in [6, 6.07) is 50.3. The lowest BCUT2D eigenvalue weighted by Crippen LogP contribution is -2.49. The molecule has 2 heterocycles. The van der Waals surface area contributed by atoms with Gasteiger partial charge in [0.25, 0.3) is 0 Å². The van der Waals surface area contributed by atoms with E-state index in [0.29, 0.717) is 0 Å². The Kier molecular flexibility index (Phi) is 9.94. The first-order valence-corrected chi connectivity index (χ1v) is 24.8. The van der Waals surface area contributed by atoms with Gasteiger partial charge in [0, 0.05) is 51.1 Å². The molecule has 0 aliphatic carbocycles. The highest BCUT2D eigenvalue weighted by Gasteiger charge is 2.42. The van der Waals surface area contributed by atoms with Crippen molar-refractivity contribution in [3.8, 4) is 11.3 Å². The Morgan fingerprint density at radius 1 is 0.400 bits per heavy atom. The van der Waals surface area contributed by atoms with E-state index < -0.39 is 8.07 Å². The molecule has 0 saturated carbocycles. The molecule has 0 radical (unpaired) electrons. The highest BCUT2D eigenvalue weighted by atomic mass is 28.3. The number of fused-ring (bicyclic) bond motifs is 5. The summed E-state index contributed by atoms with van der Waals surface area (Å²) >= 11 is 0. The summed E-state index contributed by atoms with van der Waals surface area (Å²) in [5.41, 5.74) is 14.4. The van der Waals surface area contributed by atoms with Crippen molar-refractivity contribution >= 4 is 63.5 Å². The van der Waals surface area contributed by atoms with Crippen LogP contribution in [0.15, 0.2) is 138 Å². The van der Waals surface area contributed by atoms with Crippen molar-refractivity contribution in [2.24, 2.45) is 0 Å². The molecule has 1 aliphatic rings. The molecule has 0 saturated heterocycles. The van der Waals surface area contributed by atoms with Crippen LogP contribution in [0.1, 0.15) is 105 Å². The molecule has 1 aliphatic heterocycles. The van der Waals surface area contributed by atoms with Gasteiger partial charge in [0.15, 0.2) is 0 Å². The van der Waals surface area contributed by atoms with E-state index in [1.807, 2.05) is 0 Å². The molecule has 0 N–H and O–H groups in total. The molecule has 8 rings (SSSR count). The van der Waals surface area contributed by atoms with Crippen molar-refractivity contribution in [3.63, 3.8) is 0 Å². The normalized spacial score (nSPS) is 14.0. The number of hydrogen-bond donors (Lipinski definition) is 0. The third-order valence-corrected chi connectivity index (χ3v) is 16.2. The minimum absolute atomic E-state index is 0.0225. The lowest BCUT2D eigenvalue weighted by atomic mass is 9.86. The average Bonchev–Trinajstić information content (AvgIpc) is 3.67. The van der Waals surface area contributed by atoms with Gasteiger partial charge < -0.3 is 14.2 Å². The SMILES string of the molecule is CC(C)(C)c1ccc(N(c2cccc(C(C)(C)C)c2)c2ccc3c(c2)-c2oc4cc(N(c5ccc(C(C)(C)C)cc5)c5ccc(C(C)(C)C)cc5)ccc4c2[Si]3(C)C)cc1. The Morgan fingerprint density at radius 3 is 1.27 bits per heavy atom. The largest absolute Gasteiger partial charge is 0.456 e. The summed E-state index contributed by atoms with van der Waals surface area (Å²) in [6.07, 6.45) is 0. The summed E-state index contributed by atoms with van der Waals surface area (Å²) in [7, 11) is -2.12. The zero-order chi connectivity index (χ0) is 43.2. The molecule has 0 bridgehead atoms. The molecular weight excluding hydrogens is 745 g/mol. The molecule has 0 spiro atoms. The Bertz CT molecular complexity index is 2630. The van der Waals surface area contributed by atoms with Gasteiger partial charge in [-0.15, -0.1) is 0 Å². The number of benzene rings is 6. The lowest BCUT2D eigenvalue weighted by molar-refractivity contribution is 0.590. The van der Waals surface area contributed by atoms with Gasteiger partial charge in [-0.2, -0.15) is 0 Å². The van der Waals surface area contributed by atoms with E-state index in [-0.39, 0.29) is 21.7 Å². The van der Waals surface area contributed by atoms with Crippen LogP contribution in [0, 0.1) is 0 Å². The predicted octanol–water partition coefficient (Wildman–Crippen LogP) is 15.4. The fraction of sp³-hybridized carbons (Fsp3) is 0.321. The molecule has 1 aromatic heterocycles. The molecule has 6 aromatic carbocycles. The first kappa shape index (κ1) is 41.4. The van der Waals surface area contributed by atoms with Crippen LogP contribution in [0.4, 0.5) is 34.1 Å². The van der Waals surface area contributed by atoms with E-state index in [9.17, 15) is 0 Å². The van der Waals surface area contributed by atoms with Crippen molar-refractivity contribution in [2.45, 2.75) is 118 Å². The Balaban J connectivity index is 1.26. The molecule has 0 unspecified atom stereocenters. The maximum absolute atomic E-state index is 7.12. The molecule has 0 atom stereocenters. The van der Waals surface area contributed by atoms with E-state index in [4.69, 9.17) is 4.42 Å². The van der Waals surface area contributed by atoms with Gasteiger partial charge in [-0.05, 0) is 127 Å². The van der Waals surface area contributed by atoms with Crippen LogP contribution >= 0.6 is 0 Å². The molecule has 308 valence electrons. The minimum Gasteiger partial charge on any atom is -0.456 e. The monoisotopic (exact) mass is 808 g/mol. The average molecular weight is 809 g/mol. The molecule has 7 aromatic rings. The second-order valence-electron chi connectivity index (χ2n) is 21.7. The van der Waals surface area contributed by atoms with Crippen molar-refractivity contribution in [2.75, 3.05) is 9.80 Å². The fourth-order valence-electron chi connectivity index (χ4n) is 8.91. The Labute approximate surface area is 361 Å². The summed E-state index contributed by atoms with van der Waals surface area (Å²) in [6.45, 7) is 32.3. The molecule has 4 heteroatoms. The summed E-state index contributed by atoms with van der Waals surface area (Å²) in [5.74, 6) is 1.03. The number of anilines is 6. The quantitative estimate of drug-likeness (QED) is 0.156. The topological polar surface area (TPSA) is 19.6 Å². The van der Waals surface area contributed by atoms with Crippen molar-refractivity contribution in [3.05, 3.63) is 156 Å². The molecule has 3 nitrogen and oxygen atoms in total. The second kappa shape index (κ2) is 14.4. The number of rotatable bonds is 6. The van der Waals surface area contributed by atoms with Crippen LogP contribution < -0.4 is 20.2 Å². The lowest BCUT2D eigenvalue weighted by Gasteiger charge is -2.29. The number of furan rings is 1.